The molecule has 0 N–H and O–H groups in total. The monoisotopic (exact) mass is 215 g/mol. The molecular weight excluding hydrogens is 211 g/mol. The fourth-order valence-corrected chi connectivity index (χ4v) is 0.541. The van der Waals surface area contributed by atoms with E-state index in [-0.39, 0.29) is 0 Å². The molecule has 1 aromatic heterocycles. The van der Waals surface area contributed by atoms with Gasteiger partial charge in [0, 0.05) is 12.4 Å². The van der Waals surface area contributed by atoms with Gasteiger partial charge in [0.1, 0.15) is 0 Å². The Bertz CT molecular complexity index is 245. The maximum Gasteiger partial charge on any atom is 0.762 e. The van der Waals surface area contributed by atoms with Gasteiger partial charge in [-0.1, -0.05) is 0 Å². The summed E-state index contributed by atoms with van der Waals surface area (Å²) >= 11 is 0. The average molecular weight is 215 g/mol. The maximum absolute atomic E-state index is 11.8. The third kappa shape index (κ3) is 6.33. The lowest BCUT2D eigenvalue weighted by molar-refractivity contribution is -0.137. The van der Waals surface area contributed by atoms with Crippen LogP contribution in [-0.2, 0) is 6.18 Å². The fourth-order valence-electron chi connectivity index (χ4n) is 0.541. The standard InChI is InChI=1S/C6H4F3N.BF3/c7-6(8,9)5-1-3-10-4-2-5;2-1(3)4/h1-4H;. The molecule has 1 rings (SSSR count). The predicted molar refractivity (Wildman–Crippen MR) is 38.3 cm³/mol. The van der Waals surface area contributed by atoms with Crippen LogP contribution in [0.1, 0.15) is 5.56 Å². The molecule has 0 fully saturated rings. The van der Waals surface area contributed by atoms with Gasteiger partial charge in [0.25, 0.3) is 0 Å². The van der Waals surface area contributed by atoms with Gasteiger partial charge in [-0.2, -0.15) is 13.2 Å². The van der Waals surface area contributed by atoms with Gasteiger partial charge in [-0.05, 0) is 12.1 Å². The Hall–Kier alpha value is -1.21. The van der Waals surface area contributed by atoms with Gasteiger partial charge in [-0.15, -0.1) is 0 Å². The molecule has 0 saturated carbocycles. The minimum absolute atomic E-state index is 0.664. The largest absolute Gasteiger partial charge is 0.762 e. The van der Waals surface area contributed by atoms with E-state index in [0.29, 0.717) is 0 Å². The van der Waals surface area contributed by atoms with E-state index in [4.69, 9.17) is 0 Å². The van der Waals surface area contributed by atoms with E-state index >= 15 is 0 Å². The highest BCUT2D eigenvalue weighted by Gasteiger charge is 2.29. The molecule has 0 radical (unpaired) electrons. The second-order valence-electron chi connectivity index (χ2n) is 1.98. The van der Waals surface area contributed by atoms with Crippen LogP contribution in [0.25, 0.3) is 0 Å². The zero-order valence-electron chi connectivity index (χ0n) is 6.60. The molecule has 78 valence electrons. The van der Waals surface area contributed by atoms with Crippen molar-refractivity contribution in [3.05, 3.63) is 30.1 Å². The third-order valence-corrected chi connectivity index (χ3v) is 1.01. The number of hydrogen-bond donors (Lipinski definition) is 0. The van der Waals surface area contributed by atoms with Crippen LogP contribution < -0.4 is 0 Å². The number of rotatable bonds is 0. The van der Waals surface area contributed by atoms with Crippen LogP contribution in [0, 0.1) is 0 Å². The molecule has 0 aromatic carbocycles. The second-order valence-corrected chi connectivity index (χ2v) is 1.98. The van der Waals surface area contributed by atoms with Gasteiger partial charge in [-0.25, -0.2) is 0 Å². The van der Waals surface area contributed by atoms with Crippen LogP contribution >= 0.6 is 0 Å². The number of hydrogen-bond acceptors (Lipinski definition) is 1. The minimum Gasteiger partial charge on any atom is -0.265 e. The molecule has 1 nitrogen and oxygen atoms in total. The lowest BCUT2D eigenvalue weighted by Gasteiger charge is -2.03. The Morgan fingerprint density at radius 3 is 1.57 bits per heavy atom. The number of halogens is 6. The number of nitrogens with zero attached hydrogens (tertiary/aromatic N) is 1. The van der Waals surface area contributed by atoms with E-state index in [1.54, 1.807) is 0 Å². The molecule has 0 aliphatic heterocycles. The molecule has 0 aliphatic rings. The van der Waals surface area contributed by atoms with E-state index in [9.17, 15) is 26.1 Å². The highest BCUT2D eigenvalue weighted by atomic mass is 19.4. The van der Waals surface area contributed by atoms with Crippen molar-refractivity contribution in [2.75, 3.05) is 0 Å². The maximum atomic E-state index is 11.8. The Kier molecular flexibility index (Phi) is 5.04. The van der Waals surface area contributed by atoms with Crippen molar-refractivity contribution >= 4 is 7.54 Å². The molecule has 0 bridgehead atoms. The third-order valence-electron chi connectivity index (χ3n) is 1.01. The van der Waals surface area contributed by atoms with Gasteiger partial charge in [-0.3, -0.25) is 17.9 Å². The van der Waals surface area contributed by atoms with Gasteiger partial charge in [0.15, 0.2) is 0 Å². The zero-order valence-corrected chi connectivity index (χ0v) is 6.60. The lowest BCUT2D eigenvalue weighted by atomic mass is 10.3. The van der Waals surface area contributed by atoms with Gasteiger partial charge < -0.3 is 0 Å². The smallest absolute Gasteiger partial charge is 0.265 e. The minimum atomic E-state index is -4.25. The highest BCUT2D eigenvalue weighted by Crippen LogP contribution is 2.27. The van der Waals surface area contributed by atoms with Crippen LogP contribution in [0.15, 0.2) is 24.5 Å². The summed E-state index contributed by atoms with van der Waals surface area (Å²) in [6, 6.07) is 1.86. The van der Waals surface area contributed by atoms with Crippen molar-refractivity contribution in [1.29, 1.82) is 0 Å². The predicted octanol–water partition coefficient (Wildman–Crippen LogP) is 2.98. The Morgan fingerprint density at radius 1 is 1.00 bits per heavy atom. The molecule has 14 heavy (non-hydrogen) atoms. The Labute approximate surface area is 76.0 Å². The van der Waals surface area contributed by atoms with Crippen LogP contribution in [0.4, 0.5) is 26.1 Å². The van der Waals surface area contributed by atoms with Gasteiger partial charge >= 0.3 is 13.7 Å². The average Bonchev–Trinajstić information content (AvgIpc) is 2.03. The Morgan fingerprint density at radius 2 is 1.36 bits per heavy atom. The zero-order chi connectivity index (χ0) is 11.2. The first-order valence-electron chi connectivity index (χ1n) is 3.23. The fraction of sp³-hybridized carbons (Fsp3) is 0.167. The van der Waals surface area contributed by atoms with Crippen LogP contribution in [0.5, 0.6) is 0 Å². The van der Waals surface area contributed by atoms with Crippen LogP contribution in [0.2, 0.25) is 0 Å². The molecule has 0 amide bonds. The lowest BCUT2D eigenvalue weighted by Crippen LogP contribution is -2.03. The molecule has 0 saturated heterocycles. The number of aromatic nitrogens is 1. The van der Waals surface area contributed by atoms with Crippen LogP contribution in [-0.4, -0.2) is 12.5 Å². The summed E-state index contributed by atoms with van der Waals surface area (Å²) in [5.74, 6) is 0. The Balaban J connectivity index is 0.000000364. The van der Waals surface area contributed by atoms with Crippen molar-refractivity contribution in [2.45, 2.75) is 6.18 Å². The summed E-state index contributed by atoms with van der Waals surface area (Å²) in [5, 5.41) is 0. The summed E-state index contributed by atoms with van der Waals surface area (Å²) in [5.41, 5.74) is -0.664. The van der Waals surface area contributed by atoms with Crippen molar-refractivity contribution in [1.82, 2.24) is 4.98 Å². The molecule has 1 aromatic rings. The molecule has 1 heterocycles. The molecular formula is C6H4BF6N. The second kappa shape index (κ2) is 5.51. The van der Waals surface area contributed by atoms with Gasteiger partial charge in [0.2, 0.25) is 0 Å². The van der Waals surface area contributed by atoms with E-state index < -0.39 is 19.3 Å². The number of alkyl halides is 3. The van der Waals surface area contributed by atoms with E-state index in [2.05, 4.69) is 4.98 Å². The normalized spacial score (nSPS) is 10.1. The summed E-state index contributed by atoms with van der Waals surface area (Å²) in [6.07, 6.45) is -2.02. The molecule has 0 spiro atoms. The molecule has 0 aliphatic carbocycles. The van der Waals surface area contributed by atoms with Gasteiger partial charge in [0.05, 0.1) is 5.56 Å². The highest BCUT2D eigenvalue weighted by molar-refractivity contribution is 6.33. The van der Waals surface area contributed by atoms with Crippen molar-refractivity contribution in [3.63, 3.8) is 0 Å². The van der Waals surface area contributed by atoms with Crippen LogP contribution in [0.3, 0.4) is 0 Å². The summed E-state index contributed by atoms with van der Waals surface area (Å²) in [6.45, 7) is 0. The quantitative estimate of drug-likeness (QED) is 0.478. The SMILES string of the molecule is FB(F)F.FC(F)(F)c1ccncc1. The topological polar surface area (TPSA) is 12.9 Å². The number of pyridine rings is 1. The van der Waals surface area contributed by atoms with E-state index in [1.807, 2.05) is 0 Å². The first-order chi connectivity index (χ1) is 6.34. The summed E-state index contributed by atoms with van der Waals surface area (Å²) < 4.78 is 64.3. The first kappa shape index (κ1) is 12.8. The van der Waals surface area contributed by atoms with Crippen molar-refractivity contribution in [3.8, 4) is 0 Å². The van der Waals surface area contributed by atoms with E-state index in [1.165, 1.54) is 0 Å². The summed E-state index contributed by atoms with van der Waals surface area (Å²) in [7, 11) is -3.67. The molecule has 0 atom stereocenters. The molecule has 8 heteroatoms. The molecule has 0 unspecified atom stereocenters. The summed E-state index contributed by atoms with van der Waals surface area (Å²) in [4.78, 5) is 3.46. The van der Waals surface area contributed by atoms with E-state index in [0.717, 1.165) is 24.5 Å². The van der Waals surface area contributed by atoms with Crippen molar-refractivity contribution in [2.24, 2.45) is 0 Å². The first-order valence-corrected chi connectivity index (χ1v) is 3.23. The van der Waals surface area contributed by atoms with Crippen molar-refractivity contribution < 1.29 is 26.1 Å².